The standard InChI is InChI=1S/C19H21O4/c1-2-3-12-21-13-14-22-23-19(20)18-11-7-10-17(15-18)16-8-5-4-6-9-16/h4-11,14-15H,2-3,12-13H2,1H3. The molecule has 0 atom stereocenters. The number of rotatable bonds is 9. The second kappa shape index (κ2) is 9.77. The van der Waals surface area contributed by atoms with Crippen LogP contribution in [0.3, 0.4) is 0 Å². The quantitative estimate of drug-likeness (QED) is 0.390. The Hall–Kier alpha value is -2.17. The zero-order chi connectivity index (χ0) is 16.3. The molecule has 0 unspecified atom stereocenters. The van der Waals surface area contributed by atoms with Gasteiger partial charge in [-0.15, -0.1) is 0 Å². The molecule has 0 aliphatic heterocycles. The molecule has 4 heteroatoms. The van der Waals surface area contributed by atoms with Crippen LogP contribution in [0.2, 0.25) is 0 Å². The van der Waals surface area contributed by atoms with Gasteiger partial charge < -0.3 is 4.74 Å². The zero-order valence-corrected chi connectivity index (χ0v) is 13.2. The molecule has 0 saturated heterocycles. The first-order chi connectivity index (χ1) is 11.3. The summed E-state index contributed by atoms with van der Waals surface area (Å²) >= 11 is 0. The lowest BCUT2D eigenvalue weighted by molar-refractivity contribution is -0.218. The van der Waals surface area contributed by atoms with Gasteiger partial charge in [0.25, 0.3) is 0 Å². The SMILES string of the molecule is CCCCOC[CH]OOC(=O)c1cccc(-c2ccccc2)c1. The number of carbonyl (C=O) groups excluding carboxylic acids is 1. The monoisotopic (exact) mass is 313 g/mol. The van der Waals surface area contributed by atoms with E-state index in [4.69, 9.17) is 14.5 Å². The molecule has 0 fully saturated rings. The van der Waals surface area contributed by atoms with Crippen LogP contribution in [-0.2, 0) is 14.5 Å². The normalized spacial score (nSPS) is 10.5. The minimum absolute atomic E-state index is 0.289. The molecule has 0 aromatic heterocycles. The fourth-order valence-corrected chi connectivity index (χ4v) is 1.99. The van der Waals surface area contributed by atoms with Crippen LogP contribution in [0.25, 0.3) is 11.1 Å². The van der Waals surface area contributed by atoms with Gasteiger partial charge in [-0.25, -0.2) is 4.79 Å². The lowest BCUT2D eigenvalue weighted by atomic mass is 10.0. The molecule has 0 amide bonds. The Morgan fingerprint density at radius 3 is 2.61 bits per heavy atom. The van der Waals surface area contributed by atoms with Gasteiger partial charge >= 0.3 is 5.97 Å². The Balaban J connectivity index is 1.81. The van der Waals surface area contributed by atoms with E-state index in [9.17, 15) is 4.79 Å². The number of hydrogen-bond donors (Lipinski definition) is 0. The molecule has 0 saturated carbocycles. The molecule has 2 rings (SSSR count). The third kappa shape index (κ3) is 5.85. The zero-order valence-electron chi connectivity index (χ0n) is 13.2. The highest BCUT2D eigenvalue weighted by atomic mass is 17.2. The minimum atomic E-state index is -0.535. The van der Waals surface area contributed by atoms with Gasteiger partial charge in [0.05, 0.1) is 12.2 Å². The van der Waals surface area contributed by atoms with Crippen LogP contribution >= 0.6 is 0 Å². The summed E-state index contributed by atoms with van der Waals surface area (Å²) in [5.41, 5.74) is 2.43. The molecule has 0 bridgehead atoms. The second-order valence-electron chi connectivity index (χ2n) is 5.01. The van der Waals surface area contributed by atoms with E-state index in [0.717, 1.165) is 24.0 Å². The molecule has 121 valence electrons. The maximum atomic E-state index is 12.0. The van der Waals surface area contributed by atoms with Crippen molar-refractivity contribution in [3.63, 3.8) is 0 Å². The van der Waals surface area contributed by atoms with E-state index in [0.29, 0.717) is 12.2 Å². The average Bonchev–Trinajstić information content (AvgIpc) is 2.61. The summed E-state index contributed by atoms with van der Waals surface area (Å²) in [6.45, 7) is 4.38. The summed E-state index contributed by atoms with van der Waals surface area (Å²) in [6, 6.07) is 17.1. The van der Waals surface area contributed by atoms with E-state index in [1.165, 1.54) is 6.61 Å². The summed E-state index contributed by atoms with van der Waals surface area (Å²) in [5.74, 6) is -0.535. The van der Waals surface area contributed by atoms with Crippen molar-refractivity contribution in [2.75, 3.05) is 13.2 Å². The van der Waals surface area contributed by atoms with E-state index >= 15 is 0 Å². The molecule has 23 heavy (non-hydrogen) atoms. The third-order valence-electron chi connectivity index (χ3n) is 3.23. The number of carbonyl (C=O) groups is 1. The molecule has 0 heterocycles. The Morgan fingerprint density at radius 2 is 1.83 bits per heavy atom. The maximum Gasteiger partial charge on any atom is 0.373 e. The smallest absolute Gasteiger partial charge is 0.373 e. The van der Waals surface area contributed by atoms with E-state index in [1.807, 2.05) is 42.5 Å². The van der Waals surface area contributed by atoms with Gasteiger partial charge in [-0.1, -0.05) is 55.8 Å². The number of ether oxygens (including phenoxy) is 1. The third-order valence-corrected chi connectivity index (χ3v) is 3.23. The van der Waals surface area contributed by atoms with Crippen LogP contribution in [0.5, 0.6) is 0 Å². The Labute approximate surface area is 136 Å². The summed E-state index contributed by atoms with van der Waals surface area (Å²) in [5, 5.41) is 0. The fraction of sp³-hybridized carbons (Fsp3) is 0.263. The van der Waals surface area contributed by atoms with E-state index in [2.05, 4.69) is 6.92 Å². The van der Waals surface area contributed by atoms with Crippen molar-refractivity contribution in [2.24, 2.45) is 0 Å². The average molecular weight is 313 g/mol. The van der Waals surface area contributed by atoms with Crippen LogP contribution < -0.4 is 0 Å². The van der Waals surface area contributed by atoms with E-state index < -0.39 is 5.97 Å². The molecule has 2 aromatic rings. The Bertz CT molecular complexity index is 595. The molecule has 0 aliphatic rings. The predicted octanol–water partition coefficient (Wildman–Crippen LogP) is 4.42. The summed E-state index contributed by atoms with van der Waals surface area (Å²) in [4.78, 5) is 21.5. The van der Waals surface area contributed by atoms with Crippen molar-refractivity contribution in [1.29, 1.82) is 0 Å². The second-order valence-corrected chi connectivity index (χ2v) is 5.01. The molecule has 2 aromatic carbocycles. The molecule has 4 nitrogen and oxygen atoms in total. The number of unbranched alkanes of at least 4 members (excludes halogenated alkanes) is 1. The molecular weight excluding hydrogens is 292 g/mol. The largest absolute Gasteiger partial charge is 0.378 e. The van der Waals surface area contributed by atoms with Gasteiger partial charge in [0.1, 0.15) is 0 Å². The van der Waals surface area contributed by atoms with Crippen molar-refractivity contribution in [3.05, 3.63) is 66.8 Å². The van der Waals surface area contributed by atoms with Gasteiger partial charge in [0.15, 0.2) is 6.61 Å². The Morgan fingerprint density at radius 1 is 1.04 bits per heavy atom. The van der Waals surface area contributed by atoms with Crippen molar-refractivity contribution in [1.82, 2.24) is 0 Å². The van der Waals surface area contributed by atoms with E-state index in [1.54, 1.807) is 12.1 Å². The highest BCUT2D eigenvalue weighted by Gasteiger charge is 2.09. The molecular formula is C19H21O4. The van der Waals surface area contributed by atoms with Crippen LogP contribution in [0.15, 0.2) is 54.6 Å². The highest BCUT2D eigenvalue weighted by Crippen LogP contribution is 2.20. The first-order valence-corrected chi connectivity index (χ1v) is 7.74. The Kier molecular flexibility index (Phi) is 7.30. The van der Waals surface area contributed by atoms with Crippen molar-refractivity contribution < 1.29 is 19.3 Å². The summed E-state index contributed by atoms with van der Waals surface area (Å²) in [6.07, 6.45) is 2.08. The molecule has 0 aliphatic carbocycles. The topological polar surface area (TPSA) is 44.8 Å². The van der Waals surface area contributed by atoms with Crippen LogP contribution in [0, 0.1) is 6.61 Å². The fourth-order valence-electron chi connectivity index (χ4n) is 1.99. The van der Waals surface area contributed by atoms with Gasteiger partial charge in [-0.2, -0.15) is 4.89 Å². The highest BCUT2D eigenvalue weighted by molar-refractivity contribution is 5.90. The van der Waals surface area contributed by atoms with Crippen LogP contribution in [-0.4, -0.2) is 19.2 Å². The van der Waals surface area contributed by atoms with Gasteiger partial charge in [-0.05, 0) is 29.7 Å². The minimum Gasteiger partial charge on any atom is -0.378 e. The van der Waals surface area contributed by atoms with Crippen molar-refractivity contribution in [2.45, 2.75) is 19.8 Å². The lowest BCUT2D eigenvalue weighted by Gasteiger charge is -2.06. The predicted molar refractivity (Wildman–Crippen MR) is 88.4 cm³/mol. The summed E-state index contributed by atoms with van der Waals surface area (Å²) < 4.78 is 5.27. The van der Waals surface area contributed by atoms with Crippen molar-refractivity contribution in [3.8, 4) is 11.1 Å². The maximum absolute atomic E-state index is 12.0. The molecule has 0 N–H and O–H groups in total. The van der Waals surface area contributed by atoms with Gasteiger partial charge in [-0.3, -0.25) is 4.89 Å². The lowest BCUT2D eigenvalue weighted by Crippen LogP contribution is -2.07. The van der Waals surface area contributed by atoms with Crippen molar-refractivity contribution >= 4 is 5.97 Å². The molecule has 0 spiro atoms. The number of benzene rings is 2. The van der Waals surface area contributed by atoms with Gasteiger partial charge in [0.2, 0.25) is 0 Å². The van der Waals surface area contributed by atoms with Gasteiger partial charge in [0, 0.05) is 6.61 Å². The first-order valence-electron chi connectivity index (χ1n) is 7.74. The molecule has 1 radical (unpaired) electrons. The van der Waals surface area contributed by atoms with Crippen LogP contribution in [0.1, 0.15) is 30.1 Å². The van der Waals surface area contributed by atoms with E-state index in [-0.39, 0.29) is 6.61 Å². The first kappa shape index (κ1) is 17.2. The van der Waals surface area contributed by atoms with Crippen LogP contribution in [0.4, 0.5) is 0 Å². The number of hydrogen-bond acceptors (Lipinski definition) is 4. The summed E-state index contributed by atoms with van der Waals surface area (Å²) in [7, 11) is 0.